The third kappa shape index (κ3) is 2.17. The standard InChI is InChI=1S/C13H19N3OS/c1-2-15-6-8-16(9-7-15)13-14-10-4-3-5-11(17)12(10)18-13/h2-9H2,1H3. The van der Waals surface area contributed by atoms with Crippen LogP contribution >= 0.6 is 11.3 Å². The molecule has 1 aliphatic heterocycles. The number of thiazole rings is 1. The number of anilines is 1. The lowest BCUT2D eigenvalue weighted by molar-refractivity contribution is 0.0976. The van der Waals surface area contributed by atoms with Gasteiger partial charge in [-0.15, -0.1) is 0 Å². The first-order valence-electron chi connectivity index (χ1n) is 6.78. The average molecular weight is 265 g/mol. The maximum Gasteiger partial charge on any atom is 0.186 e. The molecular formula is C13H19N3OS. The molecule has 1 aromatic rings. The molecule has 0 unspecified atom stereocenters. The largest absolute Gasteiger partial charge is 0.346 e. The van der Waals surface area contributed by atoms with Gasteiger partial charge in [0.25, 0.3) is 0 Å². The van der Waals surface area contributed by atoms with E-state index < -0.39 is 0 Å². The number of hydrogen-bond acceptors (Lipinski definition) is 5. The van der Waals surface area contributed by atoms with Crippen LogP contribution in [0.3, 0.4) is 0 Å². The Hall–Kier alpha value is -0.940. The maximum atomic E-state index is 11.8. The molecule has 0 radical (unpaired) electrons. The Morgan fingerprint density at radius 2 is 2.00 bits per heavy atom. The van der Waals surface area contributed by atoms with Crippen LogP contribution in [-0.2, 0) is 6.42 Å². The first kappa shape index (κ1) is 12.1. The molecule has 98 valence electrons. The Labute approximate surface area is 112 Å². The minimum Gasteiger partial charge on any atom is -0.346 e. The van der Waals surface area contributed by atoms with E-state index in [1.165, 1.54) is 0 Å². The topological polar surface area (TPSA) is 36.4 Å². The summed E-state index contributed by atoms with van der Waals surface area (Å²) in [4.78, 5) is 22.2. The SMILES string of the molecule is CCN1CCN(c2nc3c(s2)C(=O)CCC3)CC1. The summed E-state index contributed by atoms with van der Waals surface area (Å²) in [5.41, 5.74) is 1.05. The lowest BCUT2D eigenvalue weighted by Gasteiger charge is -2.33. The highest BCUT2D eigenvalue weighted by atomic mass is 32.1. The van der Waals surface area contributed by atoms with Crippen molar-refractivity contribution in [2.75, 3.05) is 37.6 Å². The summed E-state index contributed by atoms with van der Waals surface area (Å²) >= 11 is 1.61. The van der Waals surface area contributed by atoms with Crippen LogP contribution in [0.2, 0.25) is 0 Å². The van der Waals surface area contributed by atoms with Gasteiger partial charge in [-0.25, -0.2) is 4.98 Å². The number of nitrogens with zero attached hydrogens (tertiary/aromatic N) is 3. The van der Waals surface area contributed by atoms with Crippen molar-refractivity contribution in [1.29, 1.82) is 0 Å². The monoisotopic (exact) mass is 265 g/mol. The molecule has 0 saturated carbocycles. The number of Topliss-reactive ketones (excluding diaryl/α,β-unsaturated/α-hetero) is 1. The fourth-order valence-electron chi connectivity index (χ4n) is 2.65. The zero-order valence-electron chi connectivity index (χ0n) is 10.8. The number of carbonyl (C=O) groups is 1. The Balaban J connectivity index is 1.76. The fourth-order valence-corrected chi connectivity index (χ4v) is 3.78. The molecule has 1 saturated heterocycles. The first-order valence-corrected chi connectivity index (χ1v) is 7.60. The quantitative estimate of drug-likeness (QED) is 0.817. The molecule has 4 nitrogen and oxygen atoms in total. The van der Waals surface area contributed by atoms with Crippen LogP contribution in [0.4, 0.5) is 5.13 Å². The van der Waals surface area contributed by atoms with Gasteiger partial charge in [-0.2, -0.15) is 0 Å². The number of rotatable bonds is 2. The number of aryl methyl sites for hydroxylation is 1. The summed E-state index contributed by atoms with van der Waals surface area (Å²) in [6.07, 6.45) is 2.66. The predicted molar refractivity (Wildman–Crippen MR) is 73.7 cm³/mol. The Morgan fingerprint density at radius 1 is 1.22 bits per heavy atom. The van der Waals surface area contributed by atoms with E-state index in [1.807, 2.05) is 0 Å². The van der Waals surface area contributed by atoms with E-state index in [2.05, 4.69) is 21.7 Å². The van der Waals surface area contributed by atoms with E-state index in [9.17, 15) is 4.79 Å². The average Bonchev–Trinajstić information content (AvgIpc) is 2.84. The molecule has 3 rings (SSSR count). The van der Waals surface area contributed by atoms with Crippen molar-refractivity contribution < 1.29 is 4.79 Å². The molecular weight excluding hydrogens is 246 g/mol. The molecule has 2 aliphatic rings. The number of aromatic nitrogens is 1. The second kappa shape index (κ2) is 4.97. The van der Waals surface area contributed by atoms with Gasteiger partial charge in [0, 0.05) is 32.6 Å². The molecule has 2 heterocycles. The first-order chi connectivity index (χ1) is 8.78. The highest BCUT2D eigenvalue weighted by Gasteiger charge is 2.25. The normalized spacial score (nSPS) is 21.2. The highest BCUT2D eigenvalue weighted by Crippen LogP contribution is 2.32. The summed E-state index contributed by atoms with van der Waals surface area (Å²) in [6.45, 7) is 7.61. The summed E-state index contributed by atoms with van der Waals surface area (Å²) in [7, 11) is 0. The second-order valence-electron chi connectivity index (χ2n) is 4.97. The number of piperazine rings is 1. The molecule has 0 spiro atoms. The lowest BCUT2D eigenvalue weighted by atomic mass is 10.0. The molecule has 18 heavy (non-hydrogen) atoms. The van der Waals surface area contributed by atoms with Crippen molar-refractivity contribution in [2.24, 2.45) is 0 Å². The van der Waals surface area contributed by atoms with Crippen molar-refractivity contribution in [3.8, 4) is 0 Å². The van der Waals surface area contributed by atoms with Gasteiger partial charge in [0.1, 0.15) is 0 Å². The molecule has 0 atom stereocenters. The van der Waals surface area contributed by atoms with Crippen molar-refractivity contribution in [1.82, 2.24) is 9.88 Å². The van der Waals surface area contributed by atoms with Gasteiger partial charge in [-0.1, -0.05) is 18.3 Å². The Kier molecular flexibility index (Phi) is 3.35. The summed E-state index contributed by atoms with van der Waals surface area (Å²) < 4.78 is 0. The number of ketones is 1. The van der Waals surface area contributed by atoms with Crippen molar-refractivity contribution in [3.63, 3.8) is 0 Å². The molecule has 5 heteroatoms. The minimum atomic E-state index is 0.298. The third-order valence-electron chi connectivity index (χ3n) is 3.85. The summed E-state index contributed by atoms with van der Waals surface area (Å²) in [5, 5.41) is 1.06. The number of likely N-dealkylation sites (N-methyl/N-ethyl adjacent to an activating group) is 1. The summed E-state index contributed by atoms with van der Waals surface area (Å²) in [5.74, 6) is 0.298. The van der Waals surface area contributed by atoms with E-state index in [0.29, 0.717) is 12.2 Å². The van der Waals surface area contributed by atoms with Crippen LogP contribution in [0, 0.1) is 0 Å². The maximum absolute atomic E-state index is 11.8. The Bertz CT molecular complexity index is 449. The van der Waals surface area contributed by atoms with Gasteiger partial charge in [-0.3, -0.25) is 4.79 Å². The number of carbonyl (C=O) groups excluding carboxylic acids is 1. The number of fused-ring (bicyclic) bond motifs is 1. The van der Waals surface area contributed by atoms with E-state index in [1.54, 1.807) is 11.3 Å². The van der Waals surface area contributed by atoms with Crippen molar-refractivity contribution >= 4 is 22.3 Å². The van der Waals surface area contributed by atoms with Crippen LogP contribution in [0.1, 0.15) is 35.1 Å². The molecule has 0 amide bonds. The van der Waals surface area contributed by atoms with Crippen LogP contribution in [-0.4, -0.2) is 48.4 Å². The van der Waals surface area contributed by atoms with Gasteiger partial charge >= 0.3 is 0 Å². The van der Waals surface area contributed by atoms with E-state index in [4.69, 9.17) is 0 Å². The molecule has 1 fully saturated rings. The molecule has 0 bridgehead atoms. The van der Waals surface area contributed by atoms with Crippen LogP contribution < -0.4 is 4.90 Å². The zero-order chi connectivity index (χ0) is 12.5. The van der Waals surface area contributed by atoms with Gasteiger partial charge < -0.3 is 9.80 Å². The second-order valence-corrected chi connectivity index (χ2v) is 5.95. The minimum absolute atomic E-state index is 0.298. The van der Waals surface area contributed by atoms with Crippen LogP contribution in [0.15, 0.2) is 0 Å². The molecule has 0 aromatic carbocycles. The van der Waals surface area contributed by atoms with E-state index in [0.717, 1.165) is 61.3 Å². The third-order valence-corrected chi connectivity index (χ3v) is 5.05. The zero-order valence-corrected chi connectivity index (χ0v) is 11.6. The smallest absolute Gasteiger partial charge is 0.186 e. The van der Waals surface area contributed by atoms with Crippen LogP contribution in [0.25, 0.3) is 0 Å². The highest BCUT2D eigenvalue weighted by molar-refractivity contribution is 7.17. The van der Waals surface area contributed by atoms with Gasteiger partial charge in [0.2, 0.25) is 0 Å². The molecule has 1 aromatic heterocycles. The van der Waals surface area contributed by atoms with Crippen LogP contribution in [0.5, 0.6) is 0 Å². The lowest BCUT2D eigenvalue weighted by Crippen LogP contribution is -2.46. The Morgan fingerprint density at radius 3 is 2.67 bits per heavy atom. The number of hydrogen-bond donors (Lipinski definition) is 0. The van der Waals surface area contributed by atoms with E-state index in [-0.39, 0.29) is 0 Å². The molecule has 1 aliphatic carbocycles. The van der Waals surface area contributed by atoms with Crippen molar-refractivity contribution in [3.05, 3.63) is 10.6 Å². The van der Waals surface area contributed by atoms with Crippen molar-refractivity contribution in [2.45, 2.75) is 26.2 Å². The predicted octanol–water partition coefficient (Wildman–Crippen LogP) is 1.80. The molecule has 0 N–H and O–H groups in total. The van der Waals surface area contributed by atoms with Gasteiger partial charge in [-0.05, 0) is 19.4 Å². The van der Waals surface area contributed by atoms with Gasteiger partial charge in [0.05, 0.1) is 10.6 Å². The van der Waals surface area contributed by atoms with E-state index >= 15 is 0 Å². The fraction of sp³-hybridized carbons (Fsp3) is 0.692. The summed E-state index contributed by atoms with van der Waals surface area (Å²) in [6, 6.07) is 0. The van der Waals surface area contributed by atoms with Gasteiger partial charge in [0.15, 0.2) is 10.9 Å².